The standard InChI is InChI=1S/C12H6BrCl2N5O2/c13-5-1-2-8(7(14)3-5)18-10-6(12(21)22)4-17-11(9(10)15)19-20-16/h1-4H,(H,17,18)(H,21,22). The van der Waals surface area contributed by atoms with E-state index in [4.69, 9.17) is 28.7 Å². The zero-order valence-corrected chi connectivity index (χ0v) is 13.7. The Hall–Kier alpha value is -1.99. The summed E-state index contributed by atoms with van der Waals surface area (Å²) in [4.78, 5) is 17.6. The summed E-state index contributed by atoms with van der Waals surface area (Å²) in [5, 5.41) is 15.6. The maximum atomic E-state index is 11.3. The van der Waals surface area contributed by atoms with E-state index in [9.17, 15) is 9.90 Å². The summed E-state index contributed by atoms with van der Waals surface area (Å²) in [6.45, 7) is 0. The van der Waals surface area contributed by atoms with Gasteiger partial charge in [0.15, 0.2) is 0 Å². The van der Waals surface area contributed by atoms with Gasteiger partial charge in [0.1, 0.15) is 11.4 Å². The highest BCUT2D eigenvalue weighted by Gasteiger charge is 2.18. The number of carbonyl (C=O) groups is 1. The maximum absolute atomic E-state index is 11.3. The molecule has 22 heavy (non-hydrogen) atoms. The zero-order valence-electron chi connectivity index (χ0n) is 10.6. The van der Waals surface area contributed by atoms with Gasteiger partial charge in [-0.05, 0) is 28.8 Å². The molecule has 2 N–H and O–H groups in total. The van der Waals surface area contributed by atoms with E-state index in [1.807, 2.05) is 0 Å². The smallest absolute Gasteiger partial charge is 0.339 e. The molecule has 0 atom stereocenters. The van der Waals surface area contributed by atoms with Crippen LogP contribution in [0.5, 0.6) is 0 Å². The molecule has 2 aromatic rings. The number of aromatic nitrogens is 1. The molecule has 0 aliphatic heterocycles. The van der Waals surface area contributed by atoms with Gasteiger partial charge in [-0.3, -0.25) is 4.98 Å². The van der Waals surface area contributed by atoms with Gasteiger partial charge in [0.25, 0.3) is 0 Å². The third-order valence-corrected chi connectivity index (χ3v) is 3.73. The van der Waals surface area contributed by atoms with Crippen LogP contribution in [0.25, 0.3) is 10.4 Å². The van der Waals surface area contributed by atoms with Gasteiger partial charge in [0, 0.05) is 15.6 Å². The topological polar surface area (TPSA) is 111 Å². The van der Waals surface area contributed by atoms with Crippen LogP contribution in [-0.4, -0.2) is 16.1 Å². The number of benzene rings is 1. The molecule has 0 aliphatic carbocycles. The number of hydrogen-bond acceptors (Lipinski definition) is 4. The van der Waals surface area contributed by atoms with E-state index in [0.717, 1.165) is 10.7 Å². The van der Waals surface area contributed by atoms with Crippen LogP contribution in [0, 0.1) is 0 Å². The minimum absolute atomic E-state index is 0.0378. The van der Waals surface area contributed by atoms with Crippen molar-refractivity contribution < 1.29 is 9.90 Å². The normalized spacial score (nSPS) is 9.95. The molecule has 2 rings (SSSR count). The van der Waals surface area contributed by atoms with E-state index < -0.39 is 5.97 Å². The third kappa shape index (κ3) is 3.42. The summed E-state index contributed by atoms with van der Waals surface area (Å²) in [5.41, 5.74) is 8.77. The number of carboxylic acid groups (broad SMARTS) is 1. The fourth-order valence-electron chi connectivity index (χ4n) is 1.60. The molecule has 1 aromatic carbocycles. The molecule has 0 saturated carbocycles. The summed E-state index contributed by atoms with van der Waals surface area (Å²) in [5.74, 6) is -1.37. The van der Waals surface area contributed by atoms with Gasteiger partial charge in [-0.25, -0.2) is 4.79 Å². The lowest BCUT2D eigenvalue weighted by Gasteiger charge is -2.13. The molecule has 0 unspecified atom stereocenters. The first-order chi connectivity index (χ1) is 10.4. The van der Waals surface area contributed by atoms with Gasteiger partial charge in [0.2, 0.25) is 0 Å². The van der Waals surface area contributed by atoms with Gasteiger partial charge >= 0.3 is 5.97 Å². The molecule has 7 nitrogen and oxygen atoms in total. The van der Waals surface area contributed by atoms with Crippen molar-refractivity contribution >= 4 is 62.3 Å². The van der Waals surface area contributed by atoms with Crippen molar-refractivity contribution in [3.8, 4) is 0 Å². The van der Waals surface area contributed by atoms with Gasteiger partial charge in [-0.15, -0.1) is 0 Å². The number of pyridine rings is 1. The second kappa shape index (κ2) is 6.85. The lowest BCUT2D eigenvalue weighted by molar-refractivity contribution is 0.0697. The van der Waals surface area contributed by atoms with Gasteiger partial charge < -0.3 is 10.4 Å². The van der Waals surface area contributed by atoms with Crippen molar-refractivity contribution in [3.63, 3.8) is 0 Å². The first kappa shape index (κ1) is 16.4. The number of anilines is 2. The quantitative estimate of drug-likeness (QED) is 0.397. The monoisotopic (exact) mass is 401 g/mol. The Morgan fingerprint density at radius 2 is 2.18 bits per heavy atom. The highest BCUT2D eigenvalue weighted by atomic mass is 79.9. The Kier molecular flexibility index (Phi) is 5.10. The predicted octanol–water partition coefficient (Wildman–Crippen LogP) is 5.53. The van der Waals surface area contributed by atoms with E-state index in [0.29, 0.717) is 10.7 Å². The van der Waals surface area contributed by atoms with Crippen LogP contribution < -0.4 is 5.32 Å². The second-order valence-corrected chi connectivity index (χ2v) is 5.63. The largest absolute Gasteiger partial charge is 0.478 e. The molecule has 0 saturated heterocycles. The van der Waals surface area contributed by atoms with E-state index in [1.165, 1.54) is 0 Å². The van der Waals surface area contributed by atoms with Crippen LogP contribution in [0.2, 0.25) is 10.0 Å². The number of carboxylic acids is 1. The van der Waals surface area contributed by atoms with E-state index in [-0.39, 0.29) is 22.1 Å². The molecule has 0 aliphatic rings. The van der Waals surface area contributed by atoms with Gasteiger partial charge in [-0.1, -0.05) is 39.1 Å². The lowest BCUT2D eigenvalue weighted by atomic mass is 10.2. The summed E-state index contributed by atoms with van der Waals surface area (Å²) in [6, 6.07) is 4.99. The molecule has 0 fully saturated rings. The number of hydrogen-bond donors (Lipinski definition) is 2. The molecule has 0 radical (unpaired) electrons. The molecule has 0 bridgehead atoms. The molecule has 10 heteroatoms. The predicted molar refractivity (Wildman–Crippen MR) is 87.4 cm³/mol. The summed E-state index contributed by atoms with van der Waals surface area (Å²) >= 11 is 15.4. The van der Waals surface area contributed by atoms with Crippen LogP contribution in [0.3, 0.4) is 0 Å². The SMILES string of the molecule is [N-]=[N+]=Nc1ncc(C(=O)O)c(Nc2ccc(Br)cc2Cl)c1Cl. The molecule has 1 aromatic heterocycles. The van der Waals surface area contributed by atoms with Crippen LogP contribution >= 0.6 is 39.1 Å². The average Bonchev–Trinajstić information content (AvgIpc) is 2.45. The molecule has 112 valence electrons. The van der Waals surface area contributed by atoms with Crippen LogP contribution in [-0.2, 0) is 0 Å². The van der Waals surface area contributed by atoms with Crippen LogP contribution in [0.1, 0.15) is 10.4 Å². The van der Waals surface area contributed by atoms with Crippen molar-refractivity contribution in [1.82, 2.24) is 4.98 Å². The fourth-order valence-corrected chi connectivity index (χ4v) is 2.56. The molecule has 0 amide bonds. The van der Waals surface area contributed by atoms with Gasteiger partial charge in [0.05, 0.1) is 21.4 Å². The Morgan fingerprint density at radius 1 is 1.45 bits per heavy atom. The zero-order chi connectivity index (χ0) is 16.3. The van der Waals surface area contributed by atoms with Crippen molar-refractivity contribution in [2.75, 3.05) is 5.32 Å². The molecular formula is C12H6BrCl2N5O2. The Bertz CT molecular complexity index is 808. The molecular weight excluding hydrogens is 397 g/mol. The number of nitrogens with one attached hydrogen (secondary N) is 1. The fraction of sp³-hybridized carbons (Fsp3) is 0. The van der Waals surface area contributed by atoms with Gasteiger partial charge in [-0.2, -0.15) is 0 Å². The van der Waals surface area contributed by atoms with Crippen molar-refractivity contribution in [1.29, 1.82) is 0 Å². The number of azide groups is 1. The van der Waals surface area contributed by atoms with E-state index >= 15 is 0 Å². The number of aromatic carboxylic acids is 1. The minimum Gasteiger partial charge on any atom is -0.478 e. The first-order valence-electron chi connectivity index (χ1n) is 5.63. The highest BCUT2D eigenvalue weighted by Crippen LogP contribution is 2.37. The van der Waals surface area contributed by atoms with Crippen LogP contribution in [0.4, 0.5) is 17.2 Å². The maximum Gasteiger partial charge on any atom is 0.339 e. The lowest BCUT2D eigenvalue weighted by Crippen LogP contribution is -2.05. The Labute approximate surface area is 142 Å². The minimum atomic E-state index is -1.24. The summed E-state index contributed by atoms with van der Waals surface area (Å²) < 4.78 is 0.761. The van der Waals surface area contributed by atoms with Crippen molar-refractivity contribution in [2.45, 2.75) is 0 Å². The third-order valence-electron chi connectivity index (χ3n) is 2.56. The second-order valence-electron chi connectivity index (χ2n) is 3.93. The summed E-state index contributed by atoms with van der Waals surface area (Å²) in [7, 11) is 0. The first-order valence-corrected chi connectivity index (χ1v) is 7.18. The average molecular weight is 403 g/mol. The number of rotatable bonds is 4. The molecule has 1 heterocycles. The van der Waals surface area contributed by atoms with E-state index in [1.54, 1.807) is 18.2 Å². The van der Waals surface area contributed by atoms with Crippen LogP contribution in [0.15, 0.2) is 34.0 Å². The van der Waals surface area contributed by atoms with Crippen molar-refractivity contribution in [2.24, 2.45) is 5.11 Å². The number of nitrogens with zero attached hydrogens (tertiary/aromatic N) is 4. The Morgan fingerprint density at radius 3 is 2.77 bits per heavy atom. The number of halogens is 3. The summed E-state index contributed by atoms with van der Waals surface area (Å²) in [6.07, 6.45) is 1.05. The highest BCUT2D eigenvalue weighted by molar-refractivity contribution is 9.10. The van der Waals surface area contributed by atoms with Crippen molar-refractivity contribution in [3.05, 3.63) is 54.9 Å². The molecule has 0 spiro atoms. The Balaban J connectivity index is 2.58. The van der Waals surface area contributed by atoms with E-state index in [2.05, 4.69) is 36.3 Å².